The SMILES string of the molecule is CCCCNC(=O)[C@H](C)N(Cc1cccc(Cl)c1)C(=O)CN(c1ccc(F)cc1)S(=O)(=O)c1ccc(OC)c(OC)c1. The van der Waals surface area contributed by atoms with Crippen molar-refractivity contribution in [1.29, 1.82) is 0 Å². The van der Waals surface area contributed by atoms with E-state index in [9.17, 15) is 22.4 Å². The highest BCUT2D eigenvalue weighted by atomic mass is 35.5. The van der Waals surface area contributed by atoms with Gasteiger partial charge in [-0.3, -0.25) is 13.9 Å². The number of amides is 2. The number of hydrogen-bond acceptors (Lipinski definition) is 6. The third-order valence-corrected chi connectivity index (χ3v) is 8.58. The highest BCUT2D eigenvalue weighted by Gasteiger charge is 2.33. The number of rotatable bonds is 14. The summed E-state index contributed by atoms with van der Waals surface area (Å²) in [5.41, 5.74) is 0.711. The van der Waals surface area contributed by atoms with E-state index in [4.69, 9.17) is 21.1 Å². The number of carbonyl (C=O) groups excluding carboxylic acids is 2. The van der Waals surface area contributed by atoms with Gasteiger partial charge in [-0.1, -0.05) is 37.1 Å². The largest absolute Gasteiger partial charge is 0.493 e. The van der Waals surface area contributed by atoms with Crippen molar-refractivity contribution in [2.45, 2.75) is 44.2 Å². The fourth-order valence-electron chi connectivity index (χ4n) is 4.19. The van der Waals surface area contributed by atoms with Gasteiger partial charge >= 0.3 is 0 Å². The molecule has 2 amide bonds. The predicted octanol–water partition coefficient (Wildman–Crippen LogP) is 5.03. The first-order chi connectivity index (χ1) is 20.0. The van der Waals surface area contributed by atoms with E-state index >= 15 is 0 Å². The van der Waals surface area contributed by atoms with Crippen molar-refractivity contribution in [3.8, 4) is 11.5 Å². The molecule has 0 radical (unpaired) electrons. The van der Waals surface area contributed by atoms with Gasteiger partial charge in [-0.15, -0.1) is 0 Å². The summed E-state index contributed by atoms with van der Waals surface area (Å²) in [7, 11) is -1.60. The second kappa shape index (κ2) is 14.9. The van der Waals surface area contributed by atoms with Crippen molar-refractivity contribution in [3.63, 3.8) is 0 Å². The Morgan fingerprint density at radius 2 is 1.69 bits per heavy atom. The predicted molar refractivity (Wildman–Crippen MR) is 160 cm³/mol. The first kappa shape index (κ1) is 32.7. The van der Waals surface area contributed by atoms with Gasteiger partial charge in [-0.05, 0) is 67.4 Å². The molecule has 226 valence electrons. The van der Waals surface area contributed by atoms with Crippen LogP contribution in [0.1, 0.15) is 32.3 Å². The van der Waals surface area contributed by atoms with Gasteiger partial charge in [0.15, 0.2) is 11.5 Å². The molecule has 0 bridgehead atoms. The van der Waals surface area contributed by atoms with Crippen LogP contribution < -0.4 is 19.1 Å². The lowest BCUT2D eigenvalue weighted by Crippen LogP contribution is -2.51. The summed E-state index contributed by atoms with van der Waals surface area (Å²) in [6.07, 6.45) is 1.64. The maximum absolute atomic E-state index is 14.0. The van der Waals surface area contributed by atoms with Crippen LogP contribution >= 0.6 is 11.6 Å². The molecule has 0 aliphatic carbocycles. The second-order valence-corrected chi connectivity index (χ2v) is 11.8. The summed E-state index contributed by atoms with van der Waals surface area (Å²) in [4.78, 5) is 28.1. The number of nitrogens with zero attached hydrogens (tertiary/aromatic N) is 2. The van der Waals surface area contributed by atoms with E-state index in [1.54, 1.807) is 31.2 Å². The maximum Gasteiger partial charge on any atom is 0.264 e. The van der Waals surface area contributed by atoms with Crippen LogP contribution in [-0.2, 0) is 26.2 Å². The first-order valence-corrected chi connectivity index (χ1v) is 15.2. The van der Waals surface area contributed by atoms with Gasteiger partial charge in [-0.25, -0.2) is 12.8 Å². The average Bonchev–Trinajstić information content (AvgIpc) is 2.98. The smallest absolute Gasteiger partial charge is 0.264 e. The van der Waals surface area contributed by atoms with Gasteiger partial charge in [0.05, 0.1) is 24.8 Å². The molecule has 9 nitrogen and oxygen atoms in total. The summed E-state index contributed by atoms with van der Waals surface area (Å²) >= 11 is 6.17. The molecule has 0 saturated heterocycles. The van der Waals surface area contributed by atoms with Crippen molar-refractivity contribution in [3.05, 3.63) is 83.1 Å². The van der Waals surface area contributed by atoms with E-state index < -0.39 is 34.3 Å². The molecule has 0 saturated carbocycles. The molecule has 0 aromatic heterocycles. The molecule has 0 unspecified atom stereocenters. The number of unbranched alkanes of at least 4 members (excludes halogenated alkanes) is 1. The number of nitrogens with one attached hydrogen (secondary N) is 1. The summed E-state index contributed by atoms with van der Waals surface area (Å²) in [5.74, 6) is -1.12. The van der Waals surface area contributed by atoms with Crippen LogP contribution in [0.2, 0.25) is 5.02 Å². The minimum absolute atomic E-state index is 0.00454. The molecule has 0 aliphatic heterocycles. The molecule has 0 aliphatic rings. The third-order valence-electron chi connectivity index (χ3n) is 6.58. The lowest BCUT2D eigenvalue weighted by Gasteiger charge is -2.32. The Labute approximate surface area is 251 Å². The van der Waals surface area contributed by atoms with Gasteiger partial charge < -0.3 is 19.7 Å². The molecule has 1 N–H and O–H groups in total. The zero-order chi connectivity index (χ0) is 30.9. The molecule has 0 fully saturated rings. The Balaban J connectivity index is 2.04. The number of anilines is 1. The second-order valence-electron chi connectivity index (χ2n) is 9.48. The Kier molecular flexibility index (Phi) is 11.6. The standard InChI is InChI=1S/C30H35ClFN3O6S/c1-5-6-16-33-30(37)21(2)34(19-22-8-7-9-23(31)17-22)29(36)20-35(25-12-10-24(32)11-13-25)42(38,39)26-14-15-27(40-3)28(18-26)41-4/h7-15,17-18,21H,5-6,16,19-20H2,1-4H3,(H,33,37)/t21-/m0/s1. The van der Waals surface area contributed by atoms with Crippen LogP contribution in [0.25, 0.3) is 0 Å². The molecule has 1 atom stereocenters. The average molecular weight is 620 g/mol. The van der Waals surface area contributed by atoms with E-state index in [1.165, 1.54) is 49.5 Å². The number of hydrogen-bond donors (Lipinski definition) is 1. The van der Waals surface area contributed by atoms with E-state index in [-0.39, 0.29) is 28.8 Å². The van der Waals surface area contributed by atoms with Crippen molar-refractivity contribution >= 4 is 39.1 Å². The Bertz CT molecular complexity index is 1490. The number of carbonyl (C=O) groups is 2. The van der Waals surface area contributed by atoms with Gasteiger partial charge in [0.25, 0.3) is 10.0 Å². The molecule has 3 rings (SSSR count). The molecular formula is C30H35ClFN3O6S. The van der Waals surface area contributed by atoms with Crippen molar-refractivity contribution in [1.82, 2.24) is 10.2 Å². The van der Waals surface area contributed by atoms with Gasteiger partial charge in [0, 0.05) is 24.2 Å². The summed E-state index contributed by atoms with van der Waals surface area (Å²) in [6.45, 7) is 3.33. The summed E-state index contributed by atoms with van der Waals surface area (Å²) in [6, 6.07) is 14.7. The fourth-order valence-corrected chi connectivity index (χ4v) is 5.83. The highest BCUT2D eigenvalue weighted by Crippen LogP contribution is 2.32. The topological polar surface area (TPSA) is 105 Å². The summed E-state index contributed by atoms with van der Waals surface area (Å²) in [5, 5.41) is 3.28. The van der Waals surface area contributed by atoms with Gasteiger partial charge in [0.1, 0.15) is 18.4 Å². The molecule has 3 aromatic carbocycles. The number of benzene rings is 3. The Hall–Kier alpha value is -3.83. The van der Waals surface area contributed by atoms with Crippen LogP contribution in [0.15, 0.2) is 71.6 Å². The zero-order valence-corrected chi connectivity index (χ0v) is 25.5. The maximum atomic E-state index is 14.0. The van der Waals surface area contributed by atoms with Gasteiger partial charge in [-0.2, -0.15) is 0 Å². The Morgan fingerprint density at radius 3 is 2.31 bits per heavy atom. The number of sulfonamides is 1. The lowest BCUT2D eigenvalue weighted by atomic mass is 10.1. The van der Waals surface area contributed by atoms with E-state index in [0.717, 1.165) is 29.3 Å². The number of halogens is 2. The van der Waals surface area contributed by atoms with Crippen molar-refractivity contribution in [2.24, 2.45) is 0 Å². The molecule has 0 spiro atoms. The van der Waals surface area contributed by atoms with E-state index in [0.29, 0.717) is 22.9 Å². The third kappa shape index (κ3) is 8.13. The van der Waals surface area contributed by atoms with Crippen LogP contribution in [0.4, 0.5) is 10.1 Å². The van der Waals surface area contributed by atoms with Gasteiger partial charge in [0.2, 0.25) is 11.8 Å². The Morgan fingerprint density at radius 1 is 1.00 bits per heavy atom. The minimum Gasteiger partial charge on any atom is -0.493 e. The minimum atomic E-state index is -4.39. The van der Waals surface area contributed by atoms with Crippen molar-refractivity contribution in [2.75, 3.05) is 31.6 Å². The van der Waals surface area contributed by atoms with Crippen LogP contribution in [-0.4, -0.2) is 58.5 Å². The molecular weight excluding hydrogens is 585 g/mol. The normalized spacial score (nSPS) is 11.9. The lowest BCUT2D eigenvalue weighted by molar-refractivity contribution is -0.139. The quantitative estimate of drug-likeness (QED) is 0.254. The molecule has 12 heteroatoms. The monoisotopic (exact) mass is 619 g/mol. The highest BCUT2D eigenvalue weighted by molar-refractivity contribution is 7.92. The molecule has 42 heavy (non-hydrogen) atoms. The fraction of sp³-hybridized carbons (Fsp3) is 0.333. The van der Waals surface area contributed by atoms with E-state index in [2.05, 4.69) is 5.32 Å². The summed E-state index contributed by atoms with van der Waals surface area (Å²) < 4.78 is 53.2. The first-order valence-electron chi connectivity index (χ1n) is 13.3. The molecule has 3 aromatic rings. The number of ether oxygens (including phenoxy) is 2. The van der Waals surface area contributed by atoms with Crippen molar-refractivity contribution < 1.29 is 31.9 Å². The number of methoxy groups -OCH3 is 2. The van der Waals surface area contributed by atoms with Crippen LogP contribution in [0, 0.1) is 5.82 Å². The van der Waals surface area contributed by atoms with E-state index in [1.807, 2.05) is 6.92 Å². The molecule has 0 heterocycles. The zero-order valence-electron chi connectivity index (χ0n) is 24.0. The van der Waals surface area contributed by atoms with Crippen LogP contribution in [0.5, 0.6) is 11.5 Å². The van der Waals surface area contributed by atoms with Crippen LogP contribution in [0.3, 0.4) is 0 Å².